The average Bonchev–Trinajstić information content (AvgIpc) is 2.43. The van der Waals surface area contributed by atoms with Gasteiger partial charge in [-0.25, -0.2) is 0 Å². The lowest BCUT2D eigenvalue weighted by Crippen LogP contribution is -2.59. The smallest absolute Gasteiger partial charge is 0.229 e. The fourth-order valence-corrected chi connectivity index (χ4v) is 2.11. The van der Waals surface area contributed by atoms with Crippen molar-refractivity contribution in [2.24, 2.45) is 0 Å². The van der Waals surface area contributed by atoms with Gasteiger partial charge < -0.3 is 29.2 Å². The highest BCUT2D eigenvalue weighted by atomic mass is 16.7. The number of hydrogen-bond donors (Lipinski definition) is 3. The van der Waals surface area contributed by atoms with Crippen LogP contribution in [-0.4, -0.2) is 46.0 Å². The molecule has 112 valence electrons. The molecule has 0 bridgehead atoms. The van der Waals surface area contributed by atoms with E-state index >= 15 is 0 Å². The van der Waals surface area contributed by atoms with Crippen LogP contribution >= 0.6 is 0 Å². The van der Waals surface area contributed by atoms with Gasteiger partial charge in [-0.05, 0) is 13.3 Å². The number of ether oxygens (including phenoxy) is 2. The second kappa shape index (κ2) is 5.92. The summed E-state index contributed by atoms with van der Waals surface area (Å²) in [7, 11) is 0. The van der Waals surface area contributed by atoms with Gasteiger partial charge in [0.05, 0.1) is 12.4 Å². The third kappa shape index (κ3) is 2.71. The maximum absolute atomic E-state index is 11.7. The van der Waals surface area contributed by atoms with Crippen molar-refractivity contribution in [2.75, 3.05) is 0 Å². The second-order valence-corrected chi connectivity index (χ2v) is 4.71. The molecule has 1 aromatic heterocycles. The summed E-state index contributed by atoms with van der Waals surface area (Å²) in [5.74, 6) is 0.150. The molecule has 20 heavy (non-hydrogen) atoms. The molecule has 1 aliphatic rings. The molecule has 1 aliphatic heterocycles. The molecule has 3 N–H and O–H groups in total. The molecule has 0 aliphatic carbocycles. The summed E-state index contributed by atoms with van der Waals surface area (Å²) in [6.45, 7) is 3.30. The lowest BCUT2D eigenvalue weighted by atomic mass is 9.97. The molecule has 0 radical (unpaired) electrons. The van der Waals surface area contributed by atoms with E-state index in [0.717, 1.165) is 0 Å². The Morgan fingerprint density at radius 3 is 2.55 bits per heavy atom. The molecule has 7 nitrogen and oxygen atoms in total. The summed E-state index contributed by atoms with van der Waals surface area (Å²) >= 11 is 0. The number of aliphatic hydroxyl groups is 3. The van der Waals surface area contributed by atoms with Crippen molar-refractivity contribution in [2.45, 2.75) is 51.0 Å². The molecule has 0 aromatic carbocycles. The lowest BCUT2D eigenvalue weighted by Gasteiger charge is -2.39. The van der Waals surface area contributed by atoms with Crippen molar-refractivity contribution in [3.05, 3.63) is 28.3 Å². The molecule has 0 amide bonds. The topological polar surface area (TPSA) is 109 Å². The Morgan fingerprint density at radius 1 is 1.25 bits per heavy atom. The Morgan fingerprint density at radius 2 is 1.95 bits per heavy atom. The number of rotatable bonds is 3. The first kappa shape index (κ1) is 15.0. The van der Waals surface area contributed by atoms with Crippen LogP contribution in [-0.2, 0) is 4.74 Å². The van der Waals surface area contributed by atoms with E-state index in [1.54, 1.807) is 6.92 Å². The minimum Gasteiger partial charge on any atom is -0.465 e. The van der Waals surface area contributed by atoms with Crippen LogP contribution in [0.4, 0.5) is 0 Å². The maximum atomic E-state index is 11.7. The summed E-state index contributed by atoms with van der Waals surface area (Å²) < 4.78 is 15.8. The van der Waals surface area contributed by atoms with E-state index in [1.165, 1.54) is 19.3 Å². The normalized spacial score (nSPS) is 34.0. The molecule has 0 spiro atoms. The fraction of sp³-hybridized carbons (Fsp3) is 0.615. The van der Waals surface area contributed by atoms with Crippen LogP contribution < -0.4 is 10.2 Å². The van der Waals surface area contributed by atoms with Gasteiger partial charge in [0.15, 0.2) is 0 Å². The molecule has 2 rings (SSSR count). The van der Waals surface area contributed by atoms with Gasteiger partial charge >= 0.3 is 0 Å². The van der Waals surface area contributed by atoms with Gasteiger partial charge in [-0.2, -0.15) is 0 Å². The summed E-state index contributed by atoms with van der Waals surface area (Å²) in [5, 5.41) is 29.4. The van der Waals surface area contributed by atoms with Crippen LogP contribution in [0.15, 0.2) is 21.5 Å². The van der Waals surface area contributed by atoms with Gasteiger partial charge in [-0.15, -0.1) is 0 Å². The Balaban J connectivity index is 2.22. The Bertz CT molecular complexity index is 510. The maximum Gasteiger partial charge on any atom is 0.229 e. The molecule has 2 heterocycles. The standard InChI is InChI=1S/C13H18O7/c1-3-8-9(15)10(16)11(17)13(19-8)20-12-6(2)18-5-4-7(12)14/h4-5,8-11,13,15-17H,3H2,1-2H3. The van der Waals surface area contributed by atoms with Gasteiger partial charge in [-0.3, -0.25) is 4.79 Å². The van der Waals surface area contributed by atoms with Crippen molar-refractivity contribution in [1.29, 1.82) is 0 Å². The number of hydrogen-bond acceptors (Lipinski definition) is 7. The van der Waals surface area contributed by atoms with Crippen LogP contribution in [0, 0.1) is 6.92 Å². The zero-order valence-electron chi connectivity index (χ0n) is 11.2. The van der Waals surface area contributed by atoms with Crippen molar-refractivity contribution in [3.63, 3.8) is 0 Å². The number of aliphatic hydroxyl groups excluding tert-OH is 3. The van der Waals surface area contributed by atoms with Gasteiger partial charge in [0.2, 0.25) is 17.5 Å². The van der Waals surface area contributed by atoms with E-state index in [2.05, 4.69) is 0 Å². The molecule has 1 saturated heterocycles. The first-order valence-electron chi connectivity index (χ1n) is 6.40. The Labute approximate surface area is 115 Å². The molecule has 7 heteroatoms. The molecule has 1 aromatic rings. The molecular formula is C13H18O7. The van der Waals surface area contributed by atoms with Crippen LogP contribution in [0.25, 0.3) is 0 Å². The van der Waals surface area contributed by atoms with E-state index in [0.29, 0.717) is 6.42 Å². The van der Waals surface area contributed by atoms with E-state index in [4.69, 9.17) is 13.9 Å². The van der Waals surface area contributed by atoms with E-state index in [1.807, 2.05) is 0 Å². The third-order valence-corrected chi connectivity index (χ3v) is 3.31. The zero-order chi connectivity index (χ0) is 14.9. The first-order chi connectivity index (χ1) is 9.45. The van der Waals surface area contributed by atoms with Crippen LogP contribution in [0.5, 0.6) is 5.75 Å². The highest BCUT2D eigenvalue weighted by Crippen LogP contribution is 2.25. The first-order valence-corrected chi connectivity index (χ1v) is 6.40. The van der Waals surface area contributed by atoms with Gasteiger partial charge in [0, 0.05) is 6.07 Å². The summed E-state index contributed by atoms with van der Waals surface area (Å²) in [6.07, 6.45) is -4.36. The number of aryl methyl sites for hydroxylation is 1. The van der Waals surface area contributed by atoms with Gasteiger partial charge in [-0.1, -0.05) is 6.92 Å². The Kier molecular flexibility index (Phi) is 4.44. The fourth-order valence-electron chi connectivity index (χ4n) is 2.11. The van der Waals surface area contributed by atoms with Gasteiger partial charge in [0.25, 0.3) is 0 Å². The van der Waals surface area contributed by atoms with Crippen LogP contribution in [0.1, 0.15) is 19.1 Å². The van der Waals surface area contributed by atoms with Crippen LogP contribution in [0.2, 0.25) is 0 Å². The van der Waals surface area contributed by atoms with Crippen molar-refractivity contribution >= 4 is 0 Å². The average molecular weight is 286 g/mol. The van der Waals surface area contributed by atoms with E-state index in [-0.39, 0.29) is 11.5 Å². The quantitative estimate of drug-likeness (QED) is 0.690. The molecule has 5 unspecified atom stereocenters. The van der Waals surface area contributed by atoms with Crippen molar-refractivity contribution in [3.8, 4) is 5.75 Å². The summed E-state index contributed by atoms with van der Waals surface area (Å²) in [6, 6.07) is 1.18. The minimum absolute atomic E-state index is 0.0880. The molecule has 5 atom stereocenters. The van der Waals surface area contributed by atoms with Crippen molar-refractivity contribution in [1.82, 2.24) is 0 Å². The Hall–Kier alpha value is -1.41. The zero-order valence-corrected chi connectivity index (χ0v) is 11.2. The highest BCUT2D eigenvalue weighted by molar-refractivity contribution is 5.23. The summed E-state index contributed by atoms with van der Waals surface area (Å²) in [4.78, 5) is 11.7. The highest BCUT2D eigenvalue weighted by Gasteiger charge is 2.44. The predicted octanol–water partition coefficient (Wildman–Crippen LogP) is -0.455. The van der Waals surface area contributed by atoms with Crippen molar-refractivity contribution < 1.29 is 29.2 Å². The monoisotopic (exact) mass is 286 g/mol. The second-order valence-electron chi connectivity index (χ2n) is 4.71. The largest absolute Gasteiger partial charge is 0.465 e. The summed E-state index contributed by atoms with van der Waals surface area (Å²) in [5.41, 5.74) is -0.418. The molecule has 0 saturated carbocycles. The molecule has 1 fully saturated rings. The lowest BCUT2D eigenvalue weighted by molar-refractivity contribution is -0.273. The SMILES string of the molecule is CCC1OC(Oc2c(C)occc2=O)C(O)C(O)C1O. The van der Waals surface area contributed by atoms with Gasteiger partial charge in [0.1, 0.15) is 24.1 Å². The minimum atomic E-state index is -1.47. The van der Waals surface area contributed by atoms with E-state index in [9.17, 15) is 20.1 Å². The van der Waals surface area contributed by atoms with Crippen LogP contribution in [0.3, 0.4) is 0 Å². The third-order valence-electron chi connectivity index (χ3n) is 3.31. The predicted molar refractivity (Wildman–Crippen MR) is 67.3 cm³/mol. The van der Waals surface area contributed by atoms with E-state index < -0.39 is 36.1 Å². The molecular weight excluding hydrogens is 268 g/mol.